The zero-order valence-corrected chi connectivity index (χ0v) is 21.7. The minimum absolute atomic E-state index is 0.0667. The largest absolute Gasteiger partial charge is 0.358 e. The molecule has 0 unspecified atom stereocenters. The van der Waals surface area contributed by atoms with Crippen molar-refractivity contribution >= 4 is 22.1 Å². The molecule has 0 saturated heterocycles. The molecule has 0 aliphatic rings. The van der Waals surface area contributed by atoms with Gasteiger partial charge in [0.2, 0.25) is 0 Å². The van der Waals surface area contributed by atoms with Crippen LogP contribution in [0.5, 0.6) is 0 Å². The van der Waals surface area contributed by atoms with E-state index in [0.29, 0.717) is 0 Å². The van der Waals surface area contributed by atoms with Gasteiger partial charge in [-0.1, -0.05) is 48.5 Å². The maximum absolute atomic E-state index is 4.52. The van der Waals surface area contributed by atoms with E-state index in [1.54, 1.807) is 0 Å². The molecule has 184 valence electrons. The topological polar surface area (TPSA) is 71.6 Å². The Balaban J connectivity index is 0.000000148. The summed E-state index contributed by atoms with van der Waals surface area (Å²) in [5, 5.41) is 0. The molecule has 0 amide bonds. The Morgan fingerprint density at radius 2 is 1.00 bits per heavy atom. The van der Waals surface area contributed by atoms with Crippen LogP contribution >= 0.6 is 0 Å². The molecule has 2 aromatic carbocycles. The number of rotatable bonds is 2. The Labute approximate surface area is 210 Å². The molecular weight excluding hydrogens is 448 g/mol. The van der Waals surface area contributed by atoms with Crippen molar-refractivity contribution in [3.05, 3.63) is 86.0 Å². The number of nitrogens with zero attached hydrogens (tertiary/aromatic N) is 8. The van der Waals surface area contributed by atoms with E-state index in [-0.39, 0.29) is 11.1 Å². The van der Waals surface area contributed by atoms with Gasteiger partial charge in [-0.25, -0.2) is 0 Å². The van der Waals surface area contributed by atoms with Crippen LogP contribution in [-0.4, -0.2) is 19.1 Å². The molecule has 8 nitrogen and oxygen atoms in total. The molecule has 8 heteroatoms. The summed E-state index contributed by atoms with van der Waals surface area (Å²) >= 11 is 0. The standard InChI is InChI=1S/2C14H16N4/c2*1-14(2,3)18-9-8-17(10-18)13-15-11-6-4-5-7-12(11)16-13/h2*4-10H,1-3H3. The van der Waals surface area contributed by atoms with Crippen molar-refractivity contribution in [1.29, 1.82) is 0 Å². The van der Waals surface area contributed by atoms with E-state index in [0.717, 1.165) is 34.0 Å². The van der Waals surface area contributed by atoms with E-state index >= 15 is 0 Å². The molecule has 0 aliphatic heterocycles. The molecule has 0 atom stereocenters. The second-order valence-electron chi connectivity index (χ2n) is 10.8. The van der Waals surface area contributed by atoms with Crippen molar-refractivity contribution in [2.45, 2.75) is 52.6 Å². The van der Waals surface area contributed by atoms with Gasteiger partial charge in [0.05, 0.1) is 23.5 Å². The smallest absolute Gasteiger partial charge is 0.108 e. The van der Waals surface area contributed by atoms with Crippen LogP contribution < -0.4 is 19.1 Å². The third kappa shape index (κ3) is 4.79. The van der Waals surface area contributed by atoms with Crippen molar-refractivity contribution in [2.24, 2.45) is 0 Å². The van der Waals surface area contributed by atoms with Gasteiger partial charge in [-0.15, -0.1) is 0 Å². The molecule has 4 aromatic heterocycles. The van der Waals surface area contributed by atoms with Gasteiger partial charge in [-0.05, 0) is 53.9 Å². The van der Waals surface area contributed by atoms with Gasteiger partial charge in [0, 0.05) is 34.0 Å². The van der Waals surface area contributed by atoms with Crippen molar-refractivity contribution in [3.8, 4) is 11.9 Å². The van der Waals surface area contributed by atoms with Crippen LogP contribution in [-0.2, 0) is 11.1 Å². The molecule has 36 heavy (non-hydrogen) atoms. The predicted octanol–water partition coefficient (Wildman–Crippen LogP) is 4.05. The first-order valence-electron chi connectivity index (χ1n) is 12.1. The molecule has 0 bridgehead atoms. The summed E-state index contributed by atoms with van der Waals surface area (Å²) in [4.78, 5) is 18.1. The Morgan fingerprint density at radius 3 is 1.33 bits per heavy atom. The molecular formula is C28H32N8. The zero-order chi connectivity index (χ0) is 25.5. The third-order valence-corrected chi connectivity index (χ3v) is 5.93. The second-order valence-corrected chi connectivity index (χ2v) is 10.8. The fourth-order valence-corrected chi connectivity index (χ4v) is 3.76. The SMILES string of the molecule is CC(C)(C)[n+]1ccn(-c2nc3ccccc3[n-]2)c1.CC(C)(C)[n+]1ccn(-c2nc3ccccc3[n-]2)c1. The highest BCUT2D eigenvalue weighted by atomic mass is 15.2. The Morgan fingerprint density at radius 1 is 0.611 bits per heavy atom. The van der Waals surface area contributed by atoms with Crippen molar-refractivity contribution in [1.82, 2.24) is 29.1 Å². The van der Waals surface area contributed by atoms with E-state index in [1.165, 1.54) is 0 Å². The number of para-hydroxylation sites is 4. The number of imidazole rings is 4. The van der Waals surface area contributed by atoms with Crippen LogP contribution in [0.3, 0.4) is 0 Å². The van der Waals surface area contributed by atoms with Gasteiger partial charge >= 0.3 is 0 Å². The first kappa shape index (κ1) is 23.5. The molecule has 0 spiro atoms. The second kappa shape index (κ2) is 8.78. The van der Waals surface area contributed by atoms with Gasteiger partial charge in [-0.3, -0.25) is 9.13 Å². The van der Waals surface area contributed by atoms with E-state index < -0.39 is 0 Å². The number of hydrogen-bond acceptors (Lipinski definition) is 2. The lowest BCUT2D eigenvalue weighted by molar-refractivity contribution is -0.753. The zero-order valence-electron chi connectivity index (χ0n) is 21.7. The lowest BCUT2D eigenvalue weighted by Gasteiger charge is -2.15. The summed E-state index contributed by atoms with van der Waals surface area (Å²) in [5.74, 6) is 1.44. The fraction of sp³-hybridized carbons (Fsp3) is 0.286. The minimum atomic E-state index is 0.0667. The maximum Gasteiger partial charge on any atom is 0.108 e. The van der Waals surface area contributed by atoms with E-state index in [1.807, 2.05) is 95.1 Å². The summed E-state index contributed by atoms with van der Waals surface area (Å²) in [6.45, 7) is 13.0. The molecule has 0 N–H and O–H groups in total. The van der Waals surface area contributed by atoms with Crippen LogP contribution in [0.4, 0.5) is 0 Å². The molecule has 4 heterocycles. The van der Waals surface area contributed by atoms with Crippen LogP contribution in [0.1, 0.15) is 41.5 Å². The van der Waals surface area contributed by atoms with Gasteiger partial charge < -0.3 is 29.1 Å². The summed E-state index contributed by atoms with van der Waals surface area (Å²) in [5.41, 5.74) is 3.87. The van der Waals surface area contributed by atoms with E-state index in [2.05, 4.69) is 70.6 Å². The van der Waals surface area contributed by atoms with E-state index in [4.69, 9.17) is 0 Å². The lowest BCUT2D eigenvalue weighted by Crippen LogP contribution is -2.48. The van der Waals surface area contributed by atoms with Crippen LogP contribution in [0, 0.1) is 0 Å². The molecule has 0 radical (unpaired) electrons. The quantitative estimate of drug-likeness (QED) is 0.351. The third-order valence-electron chi connectivity index (χ3n) is 5.93. The Hall–Kier alpha value is -4.20. The van der Waals surface area contributed by atoms with Crippen molar-refractivity contribution in [2.75, 3.05) is 0 Å². The summed E-state index contributed by atoms with van der Waals surface area (Å²) in [7, 11) is 0. The molecule has 0 fully saturated rings. The van der Waals surface area contributed by atoms with Crippen molar-refractivity contribution in [3.63, 3.8) is 0 Å². The number of hydrogen-bond donors (Lipinski definition) is 0. The highest BCUT2D eigenvalue weighted by Gasteiger charge is 2.17. The first-order valence-corrected chi connectivity index (χ1v) is 12.1. The molecule has 0 aliphatic carbocycles. The van der Waals surface area contributed by atoms with Gasteiger partial charge in [0.1, 0.15) is 12.7 Å². The Kier molecular flexibility index (Phi) is 5.74. The van der Waals surface area contributed by atoms with Crippen LogP contribution in [0.25, 0.3) is 34.0 Å². The normalized spacial score (nSPS) is 12.2. The van der Waals surface area contributed by atoms with E-state index in [9.17, 15) is 0 Å². The first-order chi connectivity index (χ1) is 17.1. The maximum atomic E-state index is 4.52. The lowest BCUT2D eigenvalue weighted by atomic mass is 10.1. The van der Waals surface area contributed by atoms with Gasteiger partial charge in [0.25, 0.3) is 0 Å². The minimum Gasteiger partial charge on any atom is -0.358 e. The fourth-order valence-electron chi connectivity index (χ4n) is 3.76. The molecule has 6 aromatic rings. The summed E-state index contributed by atoms with van der Waals surface area (Å²) in [6.07, 6.45) is 12.1. The average molecular weight is 481 g/mol. The molecule has 6 rings (SSSR count). The number of fused-ring (bicyclic) bond motifs is 2. The number of aromatic nitrogens is 8. The van der Waals surface area contributed by atoms with Gasteiger partial charge in [0.15, 0.2) is 0 Å². The number of benzene rings is 2. The highest BCUT2D eigenvalue weighted by molar-refractivity contribution is 5.76. The highest BCUT2D eigenvalue weighted by Crippen LogP contribution is 2.13. The van der Waals surface area contributed by atoms with Crippen LogP contribution in [0.15, 0.2) is 86.0 Å². The average Bonchev–Trinajstić information content (AvgIpc) is 3.62. The molecule has 0 saturated carbocycles. The summed E-state index contributed by atoms with van der Waals surface area (Å²) < 4.78 is 8.19. The van der Waals surface area contributed by atoms with Crippen molar-refractivity contribution < 1.29 is 9.13 Å². The predicted molar refractivity (Wildman–Crippen MR) is 139 cm³/mol. The summed E-state index contributed by atoms with van der Waals surface area (Å²) in [6, 6.07) is 15.8. The van der Waals surface area contributed by atoms with Crippen LogP contribution in [0.2, 0.25) is 0 Å². The van der Waals surface area contributed by atoms with Gasteiger partial charge in [-0.2, -0.15) is 0 Å². The Bertz CT molecular complexity index is 1430. The monoisotopic (exact) mass is 480 g/mol.